The van der Waals surface area contributed by atoms with E-state index in [-0.39, 0.29) is 17.8 Å². The van der Waals surface area contributed by atoms with Crippen LogP contribution in [0.15, 0.2) is 58.2 Å². The summed E-state index contributed by atoms with van der Waals surface area (Å²) in [5.41, 5.74) is 0.0106. The van der Waals surface area contributed by atoms with E-state index >= 15 is 0 Å². The molecule has 1 N–H and O–H groups in total. The first-order valence-electron chi connectivity index (χ1n) is 6.56. The second-order valence-electron chi connectivity index (χ2n) is 4.97. The third-order valence-electron chi connectivity index (χ3n) is 3.67. The average molecular weight is 287 g/mol. The highest BCUT2D eigenvalue weighted by atomic mass is 19.1. The molecule has 1 aliphatic rings. The van der Waals surface area contributed by atoms with E-state index < -0.39 is 11.4 Å². The number of H-pyrrole nitrogens is 1. The van der Waals surface area contributed by atoms with Crippen LogP contribution in [0, 0.1) is 5.82 Å². The van der Waals surface area contributed by atoms with Gasteiger partial charge in [0.05, 0.1) is 6.04 Å². The Balaban J connectivity index is 2.07. The first kappa shape index (κ1) is 13.4. The van der Waals surface area contributed by atoms with Crippen molar-refractivity contribution in [3.63, 3.8) is 0 Å². The maximum absolute atomic E-state index is 13.1. The predicted octanol–water partition coefficient (Wildman–Crippen LogP) is 1.47. The second kappa shape index (κ2) is 5.05. The van der Waals surface area contributed by atoms with Gasteiger partial charge in [-0.25, -0.2) is 28.3 Å². The average Bonchev–Trinajstić information content (AvgIpc) is 2.76. The van der Waals surface area contributed by atoms with E-state index in [9.17, 15) is 14.0 Å². The molecule has 0 amide bonds. The maximum atomic E-state index is 13.1. The quantitative estimate of drug-likeness (QED) is 0.909. The molecule has 0 spiro atoms. The van der Waals surface area contributed by atoms with Gasteiger partial charge in [0.25, 0.3) is 0 Å². The highest BCUT2D eigenvalue weighted by Crippen LogP contribution is 2.32. The molecule has 0 saturated heterocycles. The number of aromatic nitrogens is 3. The van der Waals surface area contributed by atoms with Crippen molar-refractivity contribution in [3.8, 4) is 0 Å². The number of aromatic amines is 1. The van der Waals surface area contributed by atoms with E-state index in [1.165, 1.54) is 23.9 Å². The van der Waals surface area contributed by atoms with Gasteiger partial charge in [0.15, 0.2) is 0 Å². The molecule has 0 radical (unpaired) electrons. The molecule has 2 atom stereocenters. The minimum atomic E-state index is -0.458. The summed E-state index contributed by atoms with van der Waals surface area (Å²) in [6, 6.07) is 5.79. The van der Waals surface area contributed by atoms with Crippen molar-refractivity contribution in [2.75, 3.05) is 0 Å². The minimum Gasteiger partial charge on any atom is -0.246 e. The van der Waals surface area contributed by atoms with Crippen LogP contribution >= 0.6 is 0 Å². The molecule has 1 heterocycles. The van der Waals surface area contributed by atoms with Gasteiger partial charge in [0.2, 0.25) is 0 Å². The Kier molecular flexibility index (Phi) is 3.21. The maximum Gasteiger partial charge on any atom is 0.347 e. The number of rotatable bonds is 2. The monoisotopic (exact) mass is 287 g/mol. The lowest BCUT2D eigenvalue weighted by atomic mass is 9.88. The summed E-state index contributed by atoms with van der Waals surface area (Å²) >= 11 is 0. The minimum absolute atomic E-state index is 0.147. The lowest BCUT2D eigenvalue weighted by molar-refractivity contribution is 0.472. The number of nitrogens with zero attached hydrogens (tertiary/aromatic N) is 2. The van der Waals surface area contributed by atoms with E-state index in [1.807, 2.05) is 24.3 Å². The van der Waals surface area contributed by atoms with E-state index in [1.54, 1.807) is 12.1 Å². The van der Waals surface area contributed by atoms with Crippen LogP contribution in [0.1, 0.15) is 17.5 Å². The van der Waals surface area contributed by atoms with Gasteiger partial charge in [0.1, 0.15) is 5.82 Å². The Labute approximate surface area is 119 Å². The van der Waals surface area contributed by atoms with Gasteiger partial charge in [-0.15, -0.1) is 0 Å². The van der Waals surface area contributed by atoms with Gasteiger partial charge in [-0.3, -0.25) is 0 Å². The number of hydrogen-bond donors (Lipinski definition) is 1. The van der Waals surface area contributed by atoms with Crippen LogP contribution in [0.5, 0.6) is 0 Å². The predicted molar refractivity (Wildman–Crippen MR) is 76.8 cm³/mol. The van der Waals surface area contributed by atoms with Crippen molar-refractivity contribution in [2.24, 2.45) is 7.05 Å². The topological polar surface area (TPSA) is 59.8 Å². The van der Waals surface area contributed by atoms with E-state index in [4.69, 9.17) is 0 Å². The van der Waals surface area contributed by atoms with Crippen LogP contribution in [0.2, 0.25) is 0 Å². The van der Waals surface area contributed by atoms with Gasteiger partial charge in [-0.05, 0) is 17.7 Å². The fourth-order valence-electron chi connectivity index (χ4n) is 2.51. The van der Waals surface area contributed by atoms with Crippen LogP contribution in [-0.4, -0.2) is 14.3 Å². The molecule has 0 fully saturated rings. The first-order valence-corrected chi connectivity index (χ1v) is 6.56. The van der Waals surface area contributed by atoms with Crippen molar-refractivity contribution >= 4 is 0 Å². The van der Waals surface area contributed by atoms with Crippen LogP contribution in [0.3, 0.4) is 0 Å². The fraction of sp³-hybridized carbons (Fsp3) is 0.200. The number of hydrogen-bond acceptors (Lipinski definition) is 2. The molecular weight excluding hydrogens is 273 g/mol. The van der Waals surface area contributed by atoms with E-state index in [0.717, 1.165) is 10.1 Å². The molecule has 5 nitrogen and oxygen atoms in total. The van der Waals surface area contributed by atoms with Gasteiger partial charge < -0.3 is 0 Å². The molecule has 0 aliphatic heterocycles. The normalized spacial score (nSPS) is 20.9. The summed E-state index contributed by atoms with van der Waals surface area (Å²) in [6.45, 7) is 0. The molecule has 0 bridgehead atoms. The molecule has 1 aromatic carbocycles. The standard InChI is InChI=1S/C15H14FN3O2/c1-18-14(20)17-19(15(18)21)13-5-3-2-4-12(13)10-6-8-11(16)9-7-10/h2-9,12-13H,1H3,(H,17,20)/t12-,13+/m1/s1. The number of allylic oxidation sites excluding steroid dienone is 4. The summed E-state index contributed by atoms with van der Waals surface area (Å²) < 4.78 is 15.4. The summed E-state index contributed by atoms with van der Waals surface area (Å²) in [5, 5.41) is 2.55. The highest BCUT2D eigenvalue weighted by molar-refractivity contribution is 5.31. The Hall–Kier alpha value is -2.63. The van der Waals surface area contributed by atoms with Crippen molar-refractivity contribution in [2.45, 2.75) is 12.0 Å². The third kappa shape index (κ3) is 2.29. The summed E-state index contributed by atoms with van der Waals surface area (Å²) in [5.74, 6) is -0.456. The Morgan fingerprint density at radius 2 is 1.76 bits per heavy atom. The van der Waals surface area contributed by atoms with Crippen molar-refractivity contribution in [1.29, 1.82) is 0 Å². The number of halogens is 1. The van der Waals surface area contributed by atoms with Crippen LogP contribution in [0.4, 0.5) is 4.39 Å². The van der Waals surface area contributed by atoms with Gasteiger partial charge in [0, 0.05) is 13.0 Å². The fourth-order valence-corrected chi connectivity index (χ4v) is 2.51. The summed E-state index contributed by atoms with van der Waals surface area (Å²) in [7, 11) is 1.42. The Morgan fingerprint density at radius 1 is 1.10 bits per heavy atom. The first-order chi connectivity index (χ1) is 10.1. The zero-order valence-corrected chi connectivity index (χ0v) is 11.4. The van der Waals surface area contributed by atoms with Gasteiger partial charge in [-0.1, -0.05) is 36.4 Å². The van der Waals surface area contributed by atoms with Crippen molar-refractivity contribution < 1.29 is 4.39 Å². The SMILES string of the molecule is Cn1c(=O)[nH]n([C@H]2C=CC=C[C@@H]2c2ccc(F)cc2)c1=O. The summed E-state index contributed by atoms with van der Waals surface area (Å²) in [4.78, 5) is 23.7. The van der Waals surface area contributed by atoms with Crippen molar-refractivity contribution in [1.82, 2.24) is 14.3 Å². The van der Waals surface area contributed by atoms with Crippen molar-refractivity contribution in [3.05, 3.63) is 80.9 Å². The van der Waals surface area contributed by atoms with Crippen LogP contribution < -0.4 is 11.4 Å². The molecule has 2 aromatic rings. The van der Waals surface area contributed by atoms with Crippen LogP contribution in [-0.2, 0) is 7.05 Å². The number of benzene rings is 1. The molecule has 0 saturated carbocycles. The molecule has 1 aliphatic carbocycles. The zero-order valence-electron chi connectivity index (χ0n) is 11.4. The largest absolute Gasteiger partial charge is 0.347 e. The molecule has 3 rings (SSSR count). The molecule has 21 heavy (non-hydrogen) atoms. The molecule has 6 heteroatoms. The summed E-state index contributed by atoms with van der Waals surface area (Å²) in [6.07, 6.45) is 7.46. The van der Waals surface area contributed by atoms with E-state index in [0.29, 0.717) is 0 Å². The van der Waals surface area contributed by atoms with E-state index in [2.05, 4.69) is 5.10 Å². The highest BCUT2D eigenvalue weighted by Gasteiger charge is 2.25. The molecular formula is C15H14FN3O2. The second-order valence-corrected chi connectivity index (χ2v) is 4.97. The lowest BCUT2D eigenvalue weighted by Gasteiger charge is -2.24. The Bertz CT molecular complexity index is 824. The molecule has 0 unspecified atom stereocenters. The Morgan fingerprint density at radius 3 is 2.38 bits per heavy atom. The number of nitrogens with one attached hydrogen (secondary N) is 1. The van der Waals surface area contributed by atoms with Gasteiger partial charge >= 0.3 is 11.4 Å². The molecule has 1 aromatic heterocycles. The molecule has 108 valence electrons. The zero-order chi connectivity index (χ0) is 15.0. The smallest absolute Gasteiger partial charge is 0.246 e. The van der Waals surface area contributed by atoms with Crippen LogP contribution in [0.25, 0.3) is 0 Å². The van der Waals surface area contributed by atoms with Gasteiger partial charge in [-0.2, -0.15) is 0 Å². The third-order valence-corrected chi connectivity index (χ3v) is 3.67. The lowest BCUT2D eigenvalue weighted by Crippen LogP contribution is -2.30.